The topological polar surface area (TPSA) is 107 Å². The van der Waals surface area contributed by atoms with Crippen LogP contribution in [0.4, 0.5) is 5.95 Å². The number of carboxylic acids is 1. The molecule has 1 atom stereocenters. The Labute approximate surface area is 205 Å². The Morgan fingerprint density at radius 3 is 2.29 bits per heavy atom. The molecule has 9 heteroatoms. The van der Waals surface area contributed by atoms with Crippen molar-refractivity contribution < 1.29 is 24.1 Å². The summed E-state index contributed by atoms with van der Waals surface area (Å²) in [7, 11) is 3.55. The van der Waals surface area contributed by atoms with Crippen molar-refractivity contribution in [2.24, 2.45) is 0 Å². The van der Waals surface area contributed by atoms with Crippen LogP contribution in [-0.2, 0) is 22.4 Å². The van der Waals surface area contributed by atoms with Crippen LogP contribution < -0.4 is 14.4 Å². The maximum atomic E-state index is 11.3. The van der Waals surface area contributed by atoms with Crippen LogP contribution >= 0.6 is 0 Å². The molecule has 1 unspecified atom stereocenters. The summed E-state index contributed by atoms with van der Waals surface area (Å²) in [4.78, 5) is 27.0. The standard InChI is InChI=1S/C26H32N4O5/c1-5-23-27-24(19-9-13-20(33-4)14-10-19)29-26(28-23)30(3)15-16-35-21-11-7-18(8-12-21)17-22(25(31)32)34-6-2/h7-14,22H,5-6,15-17H2,1-4H3,(H,31,32). The molecule has 0 spiro atoms. The lowest BCUT2D eigenvalue weighted by Crippen LogP contribution is -2.26. The summed E-state index contributed by atoms with van der Waals surface area (Å²) in [6.45, 7) is 5.15. The first-order chi connectivity index (χ1) is 16.9. The van der Waals surface area contributed by atoms with Crippen LogP contribution in [0.5, 0.6) is 11.5 Å². The Hall–Kier alpha value is -3.72. The molecule has 0 aliphatic heterocycles. The van der Waals surface area contributed by atoms with Gasteiger partial charge >= 0.3 is 5.97 Å². The first kappa shape index (κ1) is 25.9. The van der Waals surface area contributed by atoms with Crippen LogP contribution in [0.25, 0.3) is 11.4 Å². The number of hydrogen-bond acceptors (Lipinski definition) is 8. The lowest BCUT2D eigenvalue weighted by Gasteiger charge is -2.18. The predicted octanol–water partition coefficient (Wildman–Crippen LogP) is 3.66. The van der Waals surface area contributed by atoms with Gasteiger partial charge in [0, 0.05) is 32.1 Å². The van der Waals surface area contributed by atoms with Crippen molar-refractivity contribution in [3.8, 4) is 22.9 Å². The number of likely N-dealkylation sites (N-methyl/N-ethyl adjacent to an activating group) is 1. The number of carboxylic acid groups (broad SMARTS) is 1. The number of methoxy groups -OCH3 is 1. The second-order valence-corrected chi connectivity index (χ2v) is 7.86. The number of carbonyl (C=O) groups is 1. The minimum atomic E-state index is -0.963. The molecule has 0 bridgehead atoms. The van der Waals surface area contributed by atoms with E-state index in [0.29, 0.717) is 50.1 Å². The molecule has 0 amide bonds. The molecule has 186 valence electrons. The molecule has 1 heterocycles. The third-order valence-corrected chi connectivity index (χ3v) is 5.36. The highest BCUT2D eigenvalue weighted by Gasteiger charge is 2.18. The maximum Gasteiger partial charge on any atom is 0.333 e. The van der Waals surface area contributed by atoms with Gasteiger partial charge in [0.2, 0.25) is 5.95 Å². The van der Waals surface area contributed by atoms with E-state index in [1.54, 1.807) is 14.0 Å². The number of anilines is 1. The molecular weight excluding hydrogens is 448 g/mol. The van der Waals surface area contributed by atoms with Gasteiger partial charge in [0.1, 0.15) is 23.9 Å². The number of aliphatic carboxylic acids is 1. The lowest BCUT2D eigenvalue weighted by molar-refractivity contribution is -0.149. The quantitative estimate of drug-likeness (QED) is 0.392. The van der Waals surface area contributed by atoms with Gasteiger partial charge in [-0.3, -0.25) is 0 Å². The fraction of sp³-hybridized carbons (Fsp3) is 0.385. The summed E-state index contributed by atoms with van der Waals surface area (Å²) in [5, 5.41) is 9.24. The van der Waals surface area contributed by atoms with Crippen LogP contribution in [-0.4, -0.2) is 66.0 Å². The Morgan fingerprint density at radius 1 is 1.00 bits per heavy atom. The predicted molar refractivity (Wildman–Crippen MR) is 133 cm³/mol. The van der Waals surface area contributed by atoms with E-state index < -0.39 is 12.1 Å². The van der Waals surface area contributed by atoms with Crippen molar-refractivity contribution in [3.63, 3.8) is 0 Å². The number of aromatic nitrogens is 3. The molecule has 1 aromatic heterocycles. The second kappa shape index (κ2) is 12.7. The number of hydrogen-bond donors (Lipinski definition) is 1. The van der Waals surface area contributed by atoms with E-state index in [1.165, 1.54) is 0 Å². The summed E-state index contributed by atoms with van der Waals surface area (Å²) < 4.78 is 16.4. The zero-order valence-corrected chi connectivity index (χ0v) is 20.6. The van der Waals surface area contributed by atoms with Crippen LogP contribution in [0.1, 0.15) is 25.2 Å². The SMILES string of the molecule is CCOC(Cc1ccc(OCCN(C)c2nc(CC)nc(-c3ccc(OC)cc3)n2)cc1)C(=O)O. The molecule has 0 radical (unpaired) electrons. The molecule has 0 aliphatic carbocycles. The lowest BCUT2D eigenvalue weighted by atomic mass is 10.1. The van der Waals surface area contributed by atoms with Gasteiger partial charge in [0.15, 0.2) is 11.9 Å². The normalized spacial score (nSPS) is 11.7. The van der Waals surface area contributed by atoms with E-state index in [9.17, 15) is 9.90 Å². The van der Waals surface area contributed by atoms with Gasteiger partial charge < -0.3 is 24.2 Å². The summed E-state index contributed by atoms with van der Waals surface area (Å²) >= 11 is 0. The van der Waals surface area contributed by atoms with Gasteiger partial charge in [-0.1, -0.05) is 19.1 Å². The number of ether oxygens (including phenoxy) is 3. The van der Waals surface area contributed by atoms with Crippen molar-refractivity contribution in [1.82, 2.24) is 15.0 Å². The van der Waals surface area contributed by atoms with Crippen LogP contribution in [0.2, 0.25) is 0 Å². The van der Waals surface area contributed by atoms with E-state index >= 15 is 0 Å². The van der Waals surface area contributed by atoms with Crippen LogP contribution in [0, 0.1) is 0 Å². The Balaban J connectivity index is 1.60. The molecule has 35 heavy (non-hydrogen) atoms. The van der Waals surface area contributed by atoms with E-state index in [1.807, 2.05) is 67.4 Å². The first-order valence-corrected chi connectivity index (χ1v) is 11.6. The fourth-order valence-electron chi connectivity index (χ4n) is 3.36. The van der Waals surface area contributed by atoms with Crippen molar-refractivity contribution in [2.45, 2.75) is 32.8 Å². The molecular formula is C26H32N4O5. The smallest absolute Gasteiger partial charge is 0.333 e. The summed E-state index contributed by atoms with van der Waals surface area (Å²) in [5.41, 5.74) is 1.77. The zero-order chi connectivity index (χ0) is 25.2. The van der Waals surface area contributed by atoms with E-state index in [-0.39, 0.29) is 0 Å². The van der Waals surface area contributed by atoms with Crippen LogP contribution in [0.15, 0.2) is 48.5 Å². The van der Waals surface area contributed by atoms with Gasteiger partial charge in [0.25, 0.3) is 0 Å². The third-order valence-electron chi connectivity index (χ3n) is 5.36. The van der Waals surface area contributed by atoms with Crippen molar-refractivity contribution >= 4 is 11.9 Å². The molecule has 0 fully saturated rings. The van der Waals surface area contributed by atoms with Gasteiger partial charge in [-0.05, 0) is 48.9 Å². The van der Waals surface area contributed by atoms with Gasteiger partial charge in [-0.2, -0.15) is 9.97 Å². The summed E-state index contributed by atoms with van der Waals surface area (Å²) in [5.74, 6) is 2.43. The molecule has 9 nitrogen and oxygen atoms in total. The Morgan fingerprint density at radius 2 is 1.69 bits per heavy atom. The third kappa shape index (κ3) is 7.38. The Kier molecular flexibility index (Phi) is 9.37. The highest BCUT2D eigenvalue weighted by Crippen LogP contribution is 2.21. The molecule has 0 saturated carbocycles. The molecule has 3 rings (SSSR count). The first-order valence-electron chi connectivity index (χ1n) is 11.6. The van der Waals surface area contributed by atoms with E-state index in [0.717, 1.165) is 22.7 Å². The van der Waals surface area contributed by atoms with Gasteiger partial charge in [-0.25, -0.2) is 9.78 Å². The number of nitrogens with zero attached hydrogens (tertiary/aromatic N) is 4. The maximum absolute atomic E-state index is 11.3. The largest absolute Gasteiger partial charge is 0.497 e. The average Bonchev–Trinajstić information content (AvgIpc) is 2.89. The number of aryl methyl sites for hydroxylation is 1. The molecule has 0 saturated heterocycles. The molecule has 2 aromatic carbocycles. The minimum absolute atomic E-state index is 0.307. The second-order valence-electron chi connectivity index (χ2n) is 7.86. The Bertz CT molecular complexity index is 1090. The highest BCUT2D eigenvalue weighted by atomic mass is 16.5. The fourth-order valence-corrected chi connectivity index (χ4v) is 3.36. The van der Waals surface area contributed by atoms with E-state index in [4.69, 9.17) is 14.2 Å². The average molecular weight is 481 g/mol. The monoisotopic (exact) mass is 480 g/mol. The summed E-state index contributed by atoms with van der Waals surface area (Å²) in [6.07, 6.45) is 0.153. The number of benzene rings is 2. The van der Waals surface area contributed by atoms with Gasteiger partial charge in [0.05, 0.1) is 13.7 Å². The van der Waals surface area contributed by atoms with Gasteiger partial charge in [-0.15, -0.1) is 0 Å². The summed E-state index contributed by atoms with van der Waals surface area (Å²) in [6, 6.07) is 15.0. The number of rotatable bonds is 13. The highest BCUT2D eigenvalue weighted by molar-refractivity contribution is 5.72. The van der Waals surface area contributed by atoms with Crippen molar-refractivity contribution in [1.29, 1.82) is 0 Å². The molecule has 0 aliphatic rings. The van der Waals surface area contributed by atoms with E-state index in [2.05, 4.69) is 15.0 Å². The van der Waals surface area contributed by atoms with Crippen molar-refractivity contribution in [2.75, 3.05) is 38.8 Å². The minimum Gasteiger partial charge on any atom is -0.497 e. The van der Waals surface area contributed by atoms with Crippen LogP contribution in [0.3, 0.4) is 0 Å². The zero-order valence-electron chi connectivity index (χ0n) is 20.6. The molecule has 1 N–H and O–H groups in total. The van der Waals surface area contributed by atoms with Crippen molar-refractivity contribution in [3.05, 3.63) is 59.9 Å². The molecule has 3 aromatic rings.